The standard InChI is InChI=1S/C20H27NO3/c1-14-6-5-7-16(12-14)20(9-3-4-10-20)19(24)21-11-8-17(18(22)23)15(2)13-21/h5-7,12,15,17H,3-4,8-11,13H2,1-2H3,(H,22,23). The summed E-state index contributed by atoms with van der Waals surface area (Å²) in [6.07, 6.45) is 4.54. The molecule has 1 aromatic rings. The van der Waals surface area contributed by atoms with E-state index in [1.54, 1.807) is 0 Å². The molecule has 0 aromatic heterocycles. The van der Waals surface area contributed by atoms with Crippen molar-refractivity contribution in [1.29, 1.82) is 0 Å². The van der Waals surface area contributed by atoms with E-state index in [0.29, 0.717) is 19.5 Å². The molecule has 2 atom stereocenters. The van der Waals surface area contributed by atoms with Crippen LogP contribution in [0, 0.1) is 18.8 Å². The first-order chi connectivity index (χ1) is 11.4. The van der Waals surface area contributed by atoms with Crippen LogP contribution in [0.5, 0.6) is 0 Å². The molecule has 0 radical (unpaired) electrons. The Morgan fingerprint density at radius 2 is 1.96 bits per heavy atom. The number of rotatable bonds is 3. The average molecular weight is 329 g/mol. The molecule has 4 nitrogen and oxygen atoms in total. The van der Waals surface area contributed by atoms with Crippen molar-refractivity contribution in [3.8, 4) is 0 Å². The second-order valence-electron chi connectivity index (χ2n) is 7.62. The van der Waals surface area contributed by atoms with Gasteiger partial charge in [-0.3, -0.25) is 9.59 Å². The Hall–Kier alpha value is -1.84. The molecule has 1 aliphatic heterocycles. The minimum atomic E-state index is -0.733. The Bertz CT molecular complexity index is 634. The lowest BCUT2D eigenvalue weighted by Gasteiger charge is -2.40. The predicted molar refractivity (Wildman–Crippen MR) is 92.8 cm³/mol. The third kappa shape index (κ3) is 2.94. The van der Waals surface area contributed by atoms with Gasteiger partial charge in [-0.25, -0.2) is 0 Å². The van der Waals surface area contributed by atoms with Crippen LogP contribution in [-0.4, -0.2) is 35.0 Å². The molecule has 0 bridgehead atoms. The van der Waals surface area contributed by atoms with E-state index < -0.39 is 11.4 Å². The number of carboxylic acid groups (broad SMARTS) is 1. The van der Waals surface area contributed by atoms with Gasteiger partial charge in [0.05, 0.1) is 11.3 Å². The van der Waals surface area contributed by atoms with Gasteiger partial charge < -0.3 is 10.0 Å². The van der Waals surface area contributed by atoms with E-state index in [0.717, 1.165) is 31.2 Å². The van der Waals surface area contributed by atoms with Crippen molar-refractivity contribution in [2.75, 3.05) is 13.1 Å². The van der Waals surface area contributed by atoms with Crippen LogP contribution >= 0.6 is 0 Å². The first kappa shape index (κ1) is 17.0. The van der Waals surface area contributed by atoms with Gasteiger partial charge in [-0.2, -0.15) is 0 Å². The lowest BCUT2D eigenvalue weighted by molar-refractivity contribution is -0.150. The van der Waals surface area contributed by atoms with E-state index in [1.165, 1.54) is 5.56 Å². The minimum Gasteiger partial charge on any atom is -0.481 e. The van der Waals surface area contributed by atoms with Gasteiger partial charge in [-0.15, -0.1) is 0 Å². The molecule has 24 heavy (non-hydrogen) atoms. The summed E-state index contributed by atoms with van der Waals surface area (Å²) in [7, 11) is 0. The van der Waals surface area contributed by atoms with Crippen LogP contribution in [0.4, 0.5) is 0 Å². The van der Waals surface area contributed by atoms with Crippen LogP contribution in [0.1, 0.15) is 50.2 Å². The number of aliphatic carboxylic acids is 1. The maximum Gasteiger partial charge on any atom is 0.306 e. The number of carbonyl (C=O) groups excluding carboxylic acids is 1. The van der Waals surface area contributed by atoms with Crippen molar-refractivity contribution < 1.29 is 14.7 Å². The Balaban J connectivity index is 1.85. The highest BCUT2D eigenvalue weighted by Crippen LogP contribution is 2.43. The van der Waals surface area contributed by atoms with Crippen LogP contribution < -0.4 is 0 Å². The number of amides is 1. The van der Waals surface area contributed by atoms with Crippen LogP contribution in [-0.2, 0) is 15.0 Å². The normalized spacial score (nSPS) is 26.3. The Labute approximate surface area is 143 Å². The topological polar surface area (TPSA) is 57.6 Å². The van der Waals surface area contributed by atoms with Gasteiger partial charge in [0.15, 0.2) is 0 Å². The second kappa shape index (κ2) is 6.58. The quantitative estimate of drug-likeness (QED) is 0.925. The van der Waals surface area contributed by atoms with Gasteiger partial charge in [-0.1, -0.05) is 49.6 Å². The number of benzene rings is 1. The number of piperidine rings is 1. The third-order valence-electron chi connectivity index (χ3n) is 5.95. The number of aryl methyl sites for hydroxylation is 1. The second-order valence-corrected chi connectivity index (χ2v) is 7.62. The van der Waals surface area contributed by atoms with Gasteiger partial charge in [0, 0.05) is 13.1 Å². The summed E-state index contributed by atoms with van der Waals surface area (Å²) in [5.41, 5.74) is 1.92. The molecule has 2 unspecified atom stereocenters. The summed E-state index contributed by atoms with van der Waals surface area (Å²) in [6.45, 7) is 5.14. The molecule has 0 spiro atoms. The monoisotopic (exact) mass is 329 g/mol. The van der Waals surface area contributed by atoms with Crippen LogP contribution in [0.3, 0.4) is 0 Å². The van der Waals surface area contributed by atoms with Crippen LogP contribution in [0.25, 0.3) is 0 Å². The molecule has 3 rings (SSSR count). The number of hydrogen-bond acceptors (Lipinski definition) is 2. The van der Waals surface area contributed by atoms with Crippen molar-refractivity contribution >= 4 is 11.9 Å². The Morgan fingerprint density at radius 1 is 1.25 bits per heavy atom. The zero-order valence-electron chi connectivity index (χ0n) is 14.6. The highest BCUT2D eigenvalue weighted by atomic mass is 16.4. The fourth-order valence-electron chi connectivity index (χ4n) is 4.55. The fourth-order valence-corrected chi connectivity index (χ4v) is 4.55. The number of carboxylic acids is 1. The van der Waals surface area contributed by atoms with E-state index in [2.05, 4.69) is 25.1 Å². The molecule has 130 valence electrons. The van der Waals surface area contributed by atoms with Gasteiger partial charge in [0.1, 0.15) is 0 Å². The zero-order valence-corrected chi connectivity index (χ0v) is 14.6. The van der Waals surface area contributed by atoms with Crippen LogP contribution in [0.15, 0.2) is 24.3 Å². The molecule has 1 amide bonds. The van der Waals surface area contributed by atoms with Gasteiger partial charge in [0.25, 0.3) is 0 Å². The summed E-state index contributed by atoms with van der Waals surface area (Å²) >= 11 is 0. The van der Waals surface area contributed by atoms with E-state index in [4.69, 9.17) is 0 Å². The smallest absolute Gasteiger partial charge is 0.306 e. The maximum atomic E-state index is 13.4. The number of nitrogens with zero attached hydrogens (tertiary/aromatic N) is 1. The molecule has 1 aromatic carbocycles. The lowest BCUT2D eigenvalue weighted by Crippen LogP contribution is -2.51. The molecular formula is C20H27NO3. The van der Waals surface area contributed by atoms with Crippen molar-refractivity contribution in [1.82, 2.24) is 4.90 Å². The Kier molecular flexibility index (Phi) is 4.66. The lowest BCUT2D eigenvalue weighted by atomic mass is 9.76. The first-order valence-corrected chi connectivity index (χ1v) is 9.03. The molecule has 1 N–H and O–H groups in total. The third-order valence-corrected chi connectivity index (χ3v) is 5.95. The van der Waals surface area contributed by atoms with E-state index >= 15 is 0 Å². The summed E-state index contributed by atoms with van der Waals surface area (Å²) in [5, 5.41) is 9.30. The first-order valence-electron chi connectivity index (χ1n) is 9.03. The van der Waals surface area contributed by atoms with Gasteiger partial charge >= 0.3 is 5.97 Å². The van der Waals surface area contributed by atoms with Crippen molar-refractivity contribution in [2.45, 2.75) is 51.4 Å². The molecule has 1 heterocycles. The maximum absolute atomic E-state index is 13.4. The van der Waals surface area contributed by atoms with E-state index in [9.17, 15) is 14.7 Å². The largest absolute Gasteiger partial charge is 0.481 e. The molecule has 1 saturated heterocycles. The number of hydrogen-bond donors (Lipinski definition) is 1. The van der Waals surface area contributed by atoms with Crippen molar-refractivity contribution in [3.63, 3.8) is 0 Å². The fraction of sp³-hybridized carbons (Fsp3) is 0.600. The summed E-state index contributed by atoms with van der Waals surface area (Å²) < 4.78 is 0. The van der Waals surface area contributed by atoms with Crippen molar-refractivity contribution in [3.05, 3.63) is 35.4 Å². The molecule has 4 heteroatoms. The molecule has 1 aliphatic carbocycles. The minimum absolute atomic E-state index is 0.0103. The van der Waals surface area contributed by atoms with Crippen molar-refractivity contribution in [2.24, 2.45) is 11.8 Å². The highest BCUT2D eigenvalue weighted by molar-refractivity contribution is 5.89. The number of carbonyl (C=O) groups is 2. The molecular weight excluding hydrogens is 302 g/mol. The van der Waals surface area contributed by atoms with E-state index in [-0.39, 0.29) is 17.7 Å². The average Bonchev–Trinajstić information content (AvgIpc) is 3.04. The molecule has 2 fully saturated rings. The Morgan fingerprint density at radius 3 is 2.54 bits per heavy atom. The van der Waals surface area contributed by atoms with E-state index in [1.807, 2.05) is 17.9 Å². The van der Waals surface area contributed by atoms with Gasteiger partial charge in [-0.05, 0) is 37.7 Å². The SMILES string of the molecule is Cc1cccc(C2(C(=O)N3CCC(C(=O)O)C(C)C3)CCCC2)c1. The summed E-state index contributed by atoms with van der Waals surface area (Å²) in [6, 6.07) is 8.34. The molecule has 2 aliphatic rings. The highest BCUT2D eigenvalue weighted by Gasteiger charge is 2.46. The van der Waals surface area contributed by atoms with Crippen LogP contribution in [0.2, 0.25) is 0 Å². The van der Waals surface area contributed by atoms with Gasteiger partial charge in [0.2, 0.25) is 5.91 Å². The molecule has 1 saturated carbocycles. The summed E-state index contributed by atoms with van der Waals surface area (Å²) in [5.74, 6) is -0.839. The predicted octanol–water partition coefficient (Wildman–Crippen LogP) is 3.38. The summed E-state index contributed by atoms with van der Waals surface area (Å²) in [4.78, 5) is 26.7. The zero-order chi connectivity index (χ0) is 17.3. The number of likely N-dealkylation sites (tertiary alicyclic amines) is 1.